The molecule has 2 heterocycles. The first-order valence-corrected chi connectivity index (χ1v) is 18.6. The summed E-state index contributed by atoms with van der Waals surface area (Å²) in [6.45, 7) is 14.1. The molecule has 0 spiro atoms. The van der Waals surface area contributed by atoms with Crippen LogP contribution in [0.5, 0.6) is 0 Å². The predicted molar refractivity (Wildman–Crippen MR) is 193 cm³/mol. The third-order valence-corrected chi connectivity index (χ3v) is 10.5. The molecule has 11 heteroatoms. The maximum absolute atomic E-state index is 14.1. The predicted octanol–water partition coefficient (Wildman–Crippen LogP) is 5.69. The van der Waals surface area contributed by atoms with Crippen molar-refractivity contribution in [3.05, 3.63) is 52.0 Å². The Bertz CT molecular complexity index is 1380. The number of aliphatic hydroxyl groups excluding tert-OH is 1. The normalized spacial score (nSPS) is 19.4. The number of aliphatic hydroxyl groups is 1. The molecule has 1 aromatic heterocycles. The lowest BCUT2D eigenvalue weighted by molar-refractivity contribution is -0.149. The summed E-state index contributed by atoms with van der Waals surface area (Å²) in [5.41, 5.74) is 1.41. The number of ketones is 1. The molecule has 272 valence electrons. The molecule has 3 rings (SSSR count). The second-order valence-electron chi connectivity index (χ2n) is 14.9. The molecular weight excluding hydrogens is 641 g/mol. The highest BCUT2D eigenvalue weighted by Crippen LogP contribution is 2.32. The lowest BCUT2D eigenvalue weighted by atomic mass is 9.84. The highest BCUT2D eigenvalue weighted by molar-refractivity contribution is 7.09. The van der Waals surface area contributed by atoms with Crippen molar-refractivity contribution in [3.8, 4) is 0 Å². The summed E-state index contributed by atoms with van der Waals surface area (Å²) < 4.78 is 5.78. The van der Waals surface area contributed by atoms with E-state index in [9.17, 15) is 24.3 Å². The molecule has 10 nitrogen and oxygen atoms in total. The average molecular weight is 699 g/mol. The lowest BCUT2D eigenvalue weighted by Gasteiger charge is -2.38. The van der Waals surface area contributed by atoms with E-state index >= 15 is 0 Å². The van der Waals surface area contributed by atoms with E-state index in [-0.39, 0.29) is 60.1 Å². The van der Waals surface area contributed by atoms with Crippen molar-refractivity contribution in [2.24, 2.45) is 23.7 Å². The van der Waals surface area contributed by atoms with Crippen molar-refractivity contribution in [1.29, 1.82) is 0 Å². The molecular formula is C38H58N4O6S. The second-order valence-corrected chi connectivity index (χ2v) is 15.7. The number of rotatable bonds is 17. The summed E-state index contributed by atoms with van der Waals surface area (Å²) in [6, 6.07) is 9.25. The van der Waals surface area contributed by atoms with Crippen molar-refractivity contribution in [3.63, 3.8) is 0 Å². The topological polar surface area (TPSA) is 129 Å². The minimum atomic E-state index is -0.765. The monoisotopic (exact) mass is 698 g/mol. The molecule has 0 bridgehead atoms. The number of likely N-dealkylation sites (tertiary alicyclic amines) is 1. The van der Waals surface area contributed by atoms with Crippen LogP contribution in [0.25, 0.3) is 0 Å². The van der Waals surface area contributed by atoms with Gasteiger partial charge in [0.25, 0.3) is 5.91 Å². The Hall–Kier alpha value is -3.15. The highest BCUT2D eigenvalue weighted by atomic mass is 32.1. The van der Waals surface area contributed by atoms with Crippen molar-refractivity contribution < 1.29 is 29.0 Å². The number of aromatic nitrogens is 1. The van der Waals surface area contributed by atoms with Crippen LogP contribution in [-0.2, 0) is 25.5 Å². The number of hydrogen-bond donors (Lipinski definition) is 2. The second kappa shape index (κ2) is 18.7. The van der Waals surface area contributed by atoms with Crippen LogP contribution in [0.3, 0.4) is 0 Å². The minimum Gasteiger partial charge on any atom is -0.455 e. The molecule has 1 aromatic carbocycles. The standard InChI is InChI=1S/C38H58N4O6S/c1-23(2)17-28(18-27-13-11-10-12-14-27)39-36(46)31-22-49-37(40-31)35(48-26(7)43)21-32(25(5)6)42(9)38(47)30(24(3)4)20-34(45)33-19-29(44)15-16-41(33)8/h10-14,22-25,28-30,32-33,35,44H,15-21H2,1-9H3,(H,39,46)/t28-,29-,30+,32-,33-,35-/m1/s1. The Labute approximate surface area is 297 Å². The van der Waals surface area contributed by atoms with Crippen LogP contribution in [0.15, 0.2) is 35.7 Å². The van der Waals surface area contributed by atoms with E-state index < -0.39 is 30.1 Å². The first-order chi connectivity index (χ1) is 23.1. The number of likely N-dealkylation sites (N-methyl/N-ethyl adjacent to an activating group) is 1. The molecule has 2 N–H and O–H groups in total. The van der Waals surface area contributed by atoms with Crippen molar-refractivity contribution in [2.75, 3.05) is 20.6 Å². The molecule has 1 aliphatic heterocycles. The van der Waals surface area contributed by atoms with E-state index in [1.807, 2.05) is 57.8 Å². The zero-order chi connectivity index (χ0) is 36.4. The van der Waals surface area contributed by atoms with Crippen LogP contribution in [0.2, 0.25) is 0 Å². The molecule has 0 unspecified atom stereocenters. The third kappa shape index (κ3) is 12.0. The number of Topliss-reactive ketones (excluding diaryl/α,β-unsaturated/α-hetero) is 1. The summed E-state index contributed by atoms with van der Waals surface area (Å²) in [4.78, 5) is 61.5. The molecule has 49 heavy (non-hydrogen) atoms. The van der Waals surface area contributed by atoms with E-state index in [0.717, 1.165) is 12.0 Å². The van der Waals surface area contributed by atoms with Gasteiger partial charge in [0.05, 0.1) is 12.1 Å². The molecule has 1 fully saturated rings. The number of amides is 2. The number of thiazole rings is 1. The number of carbonyl (C=O) groups excluding carboxylic acids is 4. The van der Waals surface area contributed by atoms with Gasteiger partial charge in [-0.1, -0.05) is 71.9 Å². The molecule has 1 saturated heterocycles. The van der Waals surface area contributed by atoms with Crippen molar-refractivity contribution in [2.45, 2.75) is 117 Å². The van der Waals surface area contributed by atoms with Gasteiger partial charge in [0.1, 0.15) is 10.7 Å². The van der Waals surface area contributed by atoms with Gasteiger partial charge >= 0.3 is 5.97 Å². The zero-order valence-corrected chi connectivity index (χ0v) is 31.7. The maximum atomic E-state index is 14.1. The smallest absolute Gasteiger partial charge is 0.303 e. The van der Waals surface area contributed by atoms with Gasteiger partial charge in [-0.25, -0.2) is 4.98 Å². The Morgan fingerprint density at radius 3 is 2.33 bits per heavy atom. The molecule has 0 radical (unpaired) electrons. The van der Waals surface area contributed by atoms with Gasteiger partial charge in [0.2, 0.25) is 5.91 Å². The number of carbonyl (C=O) groups is 4. The number of esters is 1. The van der Waals surface area contributed by atoms with Crippen LogP contribution in [0, 0.1) is 23.7 Å². The van der Waals surface area contributed by atoms with Gasteiger partial charge in [-0.15, -0.1) is 11.3 Å². The van der Waals surface area contributed by atoms with Crippen LogP contribution >= 0.6 is 11.3 Å². The van der Waals surface area contributed by atoms with Crippen molar-refractivity contribution in [1.82, 2.24) is 20.1 Å². The maximum Gasteiger partial charge on any atom is 0.303 e. The summed E-state index contributed by atoms with van der Waals surface area (Å²) >= 11 is 1.26. The fourth-order valence-electron chi connectivity index (χ4n) is 6.78. The number of benzene rings is 1. The van der Waals surface area contributed by atoms with E-state index in [0.29, 0.717) is 36.7 Å². The van der Waals surface area contributed by atoms with Crippen LogP contribution in [-0.4, -0.2) is 88.3 Å². The summed E-state index contributed by atoms with van der Waals surface area (Å²) in [6.07, 6.45) is 1.62. The Balaban J connectivity index is 1.77. The first-order valence-electron chi connectivity index (χ1n) is 17.7. The lowest BCUT2D eigenvalue weighted by Crippen LogP contribution is -2.49. The van der Waals surface area contributed by atoms with Gasteiger partial charge in [0.15, 0.2) is 11.9 Å². The van der Waals surface area contributed by atoms with Gasteiger partial charge < -0.3 is 20.1 Å². The fourth-order valence-corrected chi connectivity index (χ4v) is 7.62. The minimum absolute atomic E-state index is 0.00680. The molecule has 6 atom stereocenters. The van der Waals surface area contributed by atoms with E-state index in [2.05, 4.69) is 36.3 Å². The number of nitrogens with one attached hydrogen (secondary N) is 1. The molecule has 2 aromatic rings. The van der Waals surface area contributed by atoms with Crippen LogP contribution in [0.4, 0.5) is 0 Å². The first kappa shape index (κ1) is 40.3. The van der Waals surface area contributed by atoms with E-state index in [1.165, 1.54) is 18.3 Å². The number of hydrogen-bond acceptors (Lipinski definition) is 9. The summed E-state index contributed by atoms with van der Waals surface area (Å²) in [5, 5.41) is 15.5. The average Bonchev–Trinajstić information content (AvgIpc) is 3.52. The van der Waals surface area contributed by atoms with Crippen LogP contribution < -0.4 is 5.32 Å². The van der Waals surface area contributed by atoms with Gasteiger partial charge in [-0.2, -0.15) is 0 Å². The fraction of sp³-hybridized carbons (Fsp3) is 0.658. The van der Waals surface area contributed by atoms with Crippen molar-refractivity contribution >= 4 is 34.9 Å². The number of nitrogens with zero attached hydrogens (tertiary/aromatic N) is 3. The Morgan fingerprint density at radius 1 is 1.06 bits per heavy atom. The Morgan fingerprint density at radius 2 is 1.73 bits per heavy atom. The number of ether oxygens (including phenoxy) is 1. The van der Waals surface area contributed by atoms with E-state index in [4.69, 9.17) is 4.74 Å². The van der Waals surface area contributed by atoms with Gasteiger partial charge in [0, 0.05) is 56.7 Å². The van der Waals surface area contributed by atoms with Crippen LogP contribution in [0.1, 0.15) is 108 Å². The summed E-state index contributed by atoms with van der Waals surface area (Å²) in [5.74, 6) is -1.18. The Kier molecular flexibility index (Phi) is 15.4. The third-order valence-electron chi connectivity index (χ3n) is 9.58. The molecule has 1 aliphatic rings. The van der Waals surface area contributed by atoms with Gasteiger partial charge in [-0.05, 0) is 56.0 Å². The SMILES string of the molecule is CC(=O)O[C@H](C[C@H](C(C)C)N(C)C(=O)[C@@H](CC(=O)[C@H]1C[C@H](O)CCN1C)C(C)C)c1nc(C(=O)N[C@@H](Cc2ccccc2)CC(C)C)cs1. The van der Waals surface area contributed by atoms with E-state index in [1.54, 1.807) is 17.3 Å². The quantitative estimate of drug-likeness (QED) is 0.202. The molecule has 0 aliphatic carbocycles. The number of piperidine rings is 1. The van der Waals surface area contributed by atoms with Gasteiger partial charge in [-0.3, -0.25) is 24.1 Å². The molecule has 0 saturated carbocycles. The zero-order valence-electron chi connectivity index (χ0n) is 30.8. The largest absolute Gasteiger partial charge is 0.455 e. The molecule has 2 amide bonds. The highest BCUT2D eigenvalue weighted by Gasteiger charge is 2.38. The summed E-state index contributed by atoms with van der Waals surface area (Å²) in [7, 11) is 3.63.